The molecule has 2 aromatic rings. The first-order valence-electron chi connectivity index (χ1n) is 7.92. The van der Waals surface area contributed by atoms with Gasteiger partial charge in [0.15, 0.2) is 23.0 Å². The summed E-state index contributed by atoms with van der Waals surface area (Å²) in [5, 5.41) is 3.57. The van der Waals surface area contributed by atoms with E-state index in [9.17, 15) is 0 Å². The van der Waals surface area contributed by atoms with Crippen LogP contribution in [-0.2, 0) is 6.42 Å². The van der Waals surface area contributed by atoms with Crippen molar-refractivity contribution in [3.05, 3.63) is 47.0 Å². The first-order chi connectivity index (χ1) is 11.7. The van der Waals surface area contributed by atoms with Gasteiger partial charge in [-0.1, -0.05) is 12.1 Å². The Morgan fingerprint density at radius 1 is 0.833 bits per heavy atom. The fraction of sp³-hybridized carbons (Fsp3) is 0.368. The van der Waals surface area contributed by atoms with Gasteiger partial charge in [-0.15, -0.1) is 0 Å². The third kappa shape index (κ3) is 2.76. The smallest absolute Gasteiger partial charge is 0.165 e. The van der Waals surface area contributed by atoms with Crippen molar-refractivity contribution in [2.24, 2.45) is 0 Å². The average Bonchev–Trinajstić information content (AvgIpc) is 2.65. The molecule has 0 aromatic heterocycles. The van der Waals surface area contributed by atoms with Gasteiger partial charge in [0.1, 0.15) is 0 Å². The van der Waals surface area contributed by atoms with Crippen molar-refractivity contribution in [1.82, 2.24) is 5.32 Å². The predicted molar refractivity (Wildman–Crippen MR) is 92.6 cm³/mol. The molecule has 1 atom stereocenters. The molecule has 1 aliphatic rings. The van der Waals surface area contributed by atoms with Crippen molar-refractivity contribution in [3.8, 4) is 23.0 Å². The summed E-state index contributed by atoms with van der Waals surface area (Å²) in [5.41, 5.74) is 3.47. The summed E-state index contributed by atoms with van der Waals surface area (Å²) in [5.74, 6) is 2.96. The summed E-state index contributed by atoms with van der Waals surface area (Å²) in [7, 11) is 6.63. The molecule has 3 rings (SSSR count). The molecule has 0 bridgehead atoms. The van der Waals surface area contributed by atoms with Crippen LogP contribution in [0.15, 0.2) is 30.3 Å². The van der Waals surface area contributed by atoms with E-state index in [0.717, 1.165) is 41.5 Å². The molecule has 24 heavy (non-hydrogen) atoms. The minimum atomic E-state index is 0.0126. The Balaban J connectivity index is 2.13. The Labute approximate surface area is 142 Å². The number of ether oxygens (including phenoxy) is 4. The number of hydrogen-bond acceptors (Lipinski definition) is 5. The molecule has 0 saturated heterocycles. The highest BCUT2D eigenvalue weighted by molar-refractivity contribution is 5.56. The number of rotatable bonds is 5. The maximum Gasteiger partial charge on any atom is 0.165 e. The standard InChI is InChI=1S/C19H23NO4/c1-21-15-7-5-6-13(19(15)24-4)18-14-11-17(23-3)16(22-2)10-12(14)8-9-20-18/h5-7,10-11,18,20H,8-9H2,1-4H3. The third-order valence-corrected chi connectivity index (χ3v) is 4.44. The van der Waals surface area contributed by atoms with Gasteiger partial charge in [-0.2, -0.15) is 0 Å². The number of benzene rings is 2. The van der Waals surface area contributed by atoms with Gasteiger partial charge in [-0.3, -0.25) is 0 Å². The monoisotopic (exact) mass is 329 g/mol. The molecule has 1 aliphatic heterocycles. The Morgan fingerprint density at radius 2 is 1.54 bits per heavy atom. The molecule has 0 saturated carbocycles. The van der Waals surface area contributed by atoms with E-state index in [1.807, 2.05) is 18.2 Å². The molecule has 5 heteroatoms. The van der Waals surface area contributed by atoms with E-state index in [-0.39, 0.29) is 6.04 Å². The third-order valence-electron chi connectivity index (χ3n) is 4.44. The fourth-order valence-electron chi connectivity index (χ4n) is 3.30. The first-order valence-corrected chi connectivity index (χ1v) is 7.92. The molecule has 1 heterocycles. The zero-order valence-electron chi connectivity index (χ0n) is 14.5. The van der Waals surface area contributed by atoms with E-state index in [1.54, 1.807) is 28.4 Å². The quantitative estimate of drug-likeness (QED) is 0.914. The lowest BCUT2D eigenvalue weighted by atomic mass is 9.88. The van der Waals surface area contributed by atoms with Gasteiger partial charge in [-0.25, -0.2) is 0 Å². The molecule has 2 aromatic carbocycles. The van der Waals surface area contributed by atoms with Crippen LogP contribution in [0.2, 0.25) is 0 Å². The molecular weight excluding hydrogens is 306 g/mol. The number of hydrogen-bond donors (Lipinski definition) is 1. The highest BCUT2D eigenvalue weighted by Gasteiger charge is 2.27. The summed E-state index contributed by atoms with van der Waals surface area (Å²) >= 11 is 0. The summed E-state index contributed by atoms with van der Waals surface area (Å²) < 4.78 is 22.0. The molecule has 0 radical (unpaired) electrons. The molecule has 128 valence electrons. The Morgan fingerprint density at radius 3 is 2.21 bits per heavy atom. The molecule has 0 amide bonds. The van der Waals surface area contributed by atoms with Crippen LogP contribution in [0, 0.1) is 0 Å². The first kappa shape index (κ1) is 16.5. The van der Waals surface area contributed by atoms with Crippen molar-refractivity contribution in [1.29, 1.82) is 0 Å². The number of para-hydroxylation sites is 1. The van der Waals surface area contributed by atoms with E-state index in [0.29, 0.717) is 0 Å². The van der Waals surface area contributed by atoms with Crippen molar-refractivity contribution in [2.45, 2.75) is 12.5 Å². The highest BCUT2D eigenvalue weighted by atomic mass is 16.5. The molecule has 1 unspecified atom stereocenters. The summed E-state index contributed by atoms with van der Waals surface area (Å²) in [6.07, 6.45) is 0.943. The van der Waals surface area contributed by atoms with Gasteiger partial charge >= 0.3 is 0 Å². The normalized spacial score (nSPS) is 16.2. The minimum absolute atomic E-state index is 0.0126. The fourth-order valence-corrected chi connectivity index (χ4v) is 3.30. The second-order valence-corrected chi connectivity index (χ2v) is 5.63. The lowest BCUT2D eigenvalue weighted by Crippen LogP contribution is -2.31. The summed E-state index contributed by atoms with van der Waals surface area (Å²) in [6, 6.07) is 10.1. The zero-order chi connectivity index (χ0) is 17.1. The Hall–Kier alpha value is -2.40. The lowest BCUT2D eigenvalue weighted by molar-refractivity contribution is 0.346. The maximum absolute atomic E-state index is 5.62. The second-order valence-electron chi connectivity index (χ2n) is 5.63. The number of nitrogens with one attached hydrogen (secondary N) is 1. The Kier molecular flexibility index (Phi) is 4.81. The van der Waals surface area contributed by atoms with Crippen molar-refractivity contribution in [2.75, 3.05) is 35.0 Å². The molecule has 0 fully saturated rings. The van der Waals surface area contributed by atoms with Crippen LogP contribution >= 0.6 is 0 Å². The van der Waals surface area contributed by atoms with Crippen LogP contribution in [-0.4, -0.2) is 35.0 Å². The summed E-state index contributed by atoms with van der Waals surface area (Å²) in [4.78, 5) is 0. The van der Waals surface area contributed by atoms with Crippen molar-refractivity contribution >= 4 is 0 Å². The minimum Gasteiger partial charge on any atom is -0.493 e. The lowest BCUT2D eigenvalue weighted by Gasteiger charge is -2.29. The van der Waals surface area contributed by atoms with Crippen molar-refractivity contribution in [3.63, 3.8) is 0 Å². The van der Waals surface area contributed by atoms with Crippen LogP contribution in [0.1, 0.15) is 22.7 Å². The Bertz CT molecular complexity index is 730. The van der Waals surface area contributed by atoms with Gasteiger partial charge in [0.2, 0.25) is 0 Å². The van der Waals surface area contributed by atoms with Gasteiger partial charge in [-0.05, 0) is 35.7 Å². The van der Waals surface area contributed by atoms with Crippen LogP contribution in [0.5, 0.6) is 23.0 Å². The van der Waals surface area contributed by atoms with Crippen LogP contribution in [0.4, 0.5) is 0 Å². The van der Waals surface area contributed by atoms with E-state index in [1.165, 1.54) is 11.1 Å². The van der Waals surface area contributed by atoms with Gasteiger partial charge in [0.05, 0.1) is 34.5 Å². The topological polar surface area (TPSA) is 49.0 Å². The average molecular weight is 329 g/mol. The highest BCUT2D eigenvalue weighted by Crippen LogP contribution is 2.42. The van der Waals surface area contributed by atoms with Gasteiger partial charge < -0.3 is 24.3 Å². The molecule has 0 aliphatic carbocycles. The summed E-state index contributed by atoms with van der Waals surface area (Å²) in [6.45, 7) is 0.882. The second kappa shape index (κ2) is 7.01. The van der Waals surface area contributed by atoms with Gasteiger partial charge in [0, 0.05) is 12.1 Å². The van der Waals surface area contributed by atoms with E-state index < -0.39 is 0 Å². The number of methoxy groups -OCH3 is 4. The largest absolute Gasteiger partial charge is 0.493 e. The van der Waals surface area contributed by atoms with Crippen LogP contribution in [0.3, 0.4) is 0 Å². The number of fused-ring (bicyclic) bond motifs is 1. The van der Waals surface area contributed by atoms with E-state index in [4.69, 9.17) is 18.9 Å². The molecule has 0 spiro atoms. The predicted octanol–water partition coefficient (Wildman–Crippen LogP) is 2.96. The molecule has 1 N–H and O–H groups in total. The van der Waals surface area contributed by atoms with Crippen LogP contribution < -0.4 is 24.3 Å². The maximum atomic E-state index is 5.62. The van der Waals surface area contributed by atoms with E-state index in [2.05, 4.69) is 17.4 Å². The SMILES string of the molecule is COc1cc2c(cc1OC)C(c1cccc(OC)c1OC)NCC2. The molecular formula is C19H23NO4. The van der Waals surface area contributed by atoms with Crippen LogP contribution in [0.25, 0.3) is 0 Å². The van der Waals surface area contributed by atoms with Crippen molar-refractivity contribution < 1.29 is 18.9 Å². The molecule has 5 nitrogen and oxygen atoms in total. The van der Waals surface area contributed by atoms with Gasteiger partial charge in [0.25, 0.3) is 0 Å². The zero-order valence-corrected chi connectivity index (χ0v) is 14.5. The van der Waals surface area contributed by atoms with E-state index >= 15 is 0 Å².